The van der Waals surface area contributed by atoms with Gasteiger partial charge in [-0.2, -0.15) is 0 Å². The monoisotopic (exact) mass is 237 g/mol. The maximum Gasteiger partial charge on any atom is 0.0633 e. The molecule has 92 valence electrons. The van der Waals surface area contributed by atoms with Crippen molar-refractivity contribution < 1.29 is 0 Å². The molecule has 18 heavy (non-hydrogen) atoms. The summed E-state index contributed by atoms with van der Waals surface area (Å²) in [5.41, 5.74) is 4.61. The zero-order valence-electron chi connectivity index (χ0n) is 11.2. The average Bonchev–Trinajstić information content (AvgIpc) is 2.40. The molecule has 0 amide bonds. The zero-order chi connectivity index (χ0) is 13.0. The zero-order valence-corrected chi connectivity index (χ0v) is 11.2. The first-order valence-electron chi connectivity index (χ1n) is 6.37. The van der Waals surface area contributed by atoms with E-state index in [2.05, 4.69) is 50.0 Å². The Morgan fingerprint density at radius 3 is 2.06 bits per heavy atom. The minimum atomic E-state index is 0.574. The number of rotatable bonds is 3. The van der Waals surface area contributed by atoms with Gasteiger partial charge < -0.3 is 0 Å². The molecule has 0 aliphatic heterocycles. The molecule has 2 aromatic rings. The van der Waals surface area contributed by atoms with Crippen molar-refractivity contribution in [1.29, 1.82) is 0 Å². The normalized spacial score (nSPS) is 11.9. The summed E-state index contributed by atoms with van der Waals surface area (Å²) >= 11 is 0. The van der Waals surface area contributed by atoms with Crippen molar-refractivity contribution >= 4 is 11.4 Å². The third kappa shape index (κ3) is 3.07. The van der Waals surface area contributed by atoms with Gasteiger partial charge in [-0.05, 0) is 36.1 Å². The number of hydrogen-bond donors (Lipinski definition) is 0. The quantitative estimate of drug-likeness (QED) is 0.670. The molecule has 0 saturated heterocycles. The number of hydrogen-bond acceptors (Lipinski definition) is 1. The molecule has 0 N–H and O–H groups in total. The van der Waals surface area contributed by atoms with Gasteiger partial charge >= 0.3 is 0 Å². The summed E-state index contributed by atoms with van der Waals surface area (Å²) in [4.78, 5) is 4.62. The second-order valence-corrected chi connectivity index (χ2v) is 4.81. The number of benzene rings is 2. The molecule has 0 heterocycles. The van der Waals surface area contributed by atoms with Gasteiger partial charge in [0.2, 0.25) is 0 Å². The molecule has 0 spiro atoms. The average molecular weight is 237 g/mol. The molecule has 0 aromatic heterocycles. The van der Waals surface area contributed by atoms with E-state index >= 15 is 0 Å². The number of para-hydroxylation sites is 1. The first-order valence-corrected chi connectivity index (χ1v) is 6.37. The van der Waals surface area contributed by atoms with Crippen molar-refractivity contribution in [3.8, 4) is 0 Å². The Morgan fingerprint density at radius 1 is 0.889 bits per heavy atom. The summed E-state index contributed by atoms with van der Waals surface area (Å²) in [5, 5.41) is 0. The summed E-state index contributed by atoms with van der Waals surface area (Å²) in [6, 6.07) is 18.7. The summed E-state index contributed by atoms with van der Waals surface area (Å²) in [6.45, 7) is 6.47. The predicted octanol–water partition coefficient (Wildman–Crippen LogP) is 4.95. The van der Waals surface area contributed by atoms with Crippen LogP contribution < -0.4 is 0 Å². The number of nitrogens with zero attached hydrogens (tertiary/aromatic N) is 1. The van der Waals surface area contributed by atoms with Gasteiger partial charge in [-0.25, -0.2) is 0 Å². The van der Waals surface area contributed by atoms with Gasteiger partial charge in [0.15, 0.2) is 0 Å². The smallest absolute Gasteiger partial charge is 0.0633 e. The van der Waals surface area contributed by atoms with Crippen molar-refractivity contribution in [2.75, 3.05) is 0 Å². The van der Waals surface area contributed by atoms with Crippen LogP contribution in [0.2, 0.25) is 0 Å². The van der Waals surface area contributed by atoms with Gasteiger partial charge in [0.05, 0.1) is 5.69 Å². The standard InChI is InChI=1S/C17H19N/c1-13(2)15-9-11-16(12-10-15)14(3)18-17-7-5-4-6-8-17/h4-13H,1-3H3. The predicted molar refractivity (Wildman–Crippen MR) is 78.8 cm³/mol. The second-order valence-electron chi connectivity index (χ2n) is 4.81. The Kier molecular flexibility index (Phi) is 3.93. The Morgan fingerprint density at radius 2 is 1.50 bits per heavy atom. The van der Waals surface area contributed by atoms with Crippen LogP contribution >= 0.6 is 0 Å². The molecule has 0 aliphatic rings. The molecule has 0 atom stereocenters. The molecular formula is C17H19N. The lowest BCUT2D eigenvalue weighted by Crippen LogP contribution is -1.95. The molecule has 0 fully saturated rings. The van der Waals surface area contributed by atoms with Crippen LogP contribution in [0, 0.1) is 0 Å². The fraction of sp³-hybridized carbons (Fsp3) is 0.235. The van der Waals surface area contributed by atoms with E-state index in [0.29, 0.717) is 5.92 Å². The summed E-state index contributed by atoms with van der Waals surface area (Å²) in [5.74, 6) is 0.574. The second kappa shape index (κ2) is 5.63. The van der Waals surface area contributed by atoms with E-state index in [0.717, 1.165) is 11.4 Å². The third-order valence-corrected chi connectivity index (χ3v) is 3.05. The van der Waals surface area contributed by atoms with E-state index in [9.17, 15) is 0 Å². The Labute approximate surface area is 109 Å². The van der Waals surface area contributed by atoms with Crippen molar-refractivity contribution in [3.05, 3.63) is 65.7 Å². The molecule has 1 nitrogen and oxygen atoms in total. The van der Waals surface area contributed by atoms with Crippen LogP contribution in [0.4, 0.5) is 5.69 Å². The summed E-state index contributed by atoms with van der Waals surface area (Å²) < 4.78 is 0. The summed E-state index contributed by atoms with van der Waals surface area (Å²) in [7, 11) is 0. The molecular weight excluding hydrogens is 218 g/mol. The SMILES string of the molecule is CC(=Nc1ccccc1)c1ccc(C(C)C)cc1. The van der Waals surface area contributed by atoms with Crippen molar-refractivity contribution in [2.45, 2.75) is 26.7 Å². The molecule has 2 aromatic carbocycles. The molecule has 0 aliphatic carbocycles. The van der Waals surface area contributed by atoms with E-state index in [1.807, 2.05) is 30.3 Å². The van der Waals surface area contributed by atoms with Gasteiger partial charge in [-0.1, -0.05) is 56.3 Å². The van der Waals surface area contributed by atoms with Crippen LogP contribution in [0.3, 0.4) is 0 Å². The first-order chi connectivity index (χ1) is 8.66. The molecule has 0 unspecified atom stereocenters. The van der Waals surface area contributed by atoms with Gasteiger partial charge in [-0.15, -0.1) is 0 Å². The topological polar surface area (TPSA) is 12.4 Å². The van der Waals surface area contributed by atoms with Crippen molar-refractivity contribution in [3.63, 3.8) is 0 Å². The van der Waals surface area contributed by atoms with Gasteiger partial charge in [0, 0.05) is 5.71 Å². The van der Waals surface area contributed by atoms with Crippen LogP contribution in [0.5, 0.6) is 0 Å². The van der Waals surface area contributed by atoms with E-state index in [4.69, 9.17) is 0 Å². The van der Waals surface area contributed by atoms with E-state index in [-0.39, 0.29) is 0 Å². The molecule has 2 rings (SSSR count). The fourth-order valence-electron chi connectivity index (χ4n) is 1.87. The lowest BCUT2D eigenvalue weighted by atomic mass is 10.0. The van der Waals surface area contributed by atoms with E-state index in [1.165, 1.54) is 11.1 Å². The minimum Gasteiger partial charge on any atom is -0.253 e. The minimum absolute atomic E-state index is 0.574. The largest absolute Gasteiger partial charge is 0.253 e. The van der Waals surface area contributed by atoms with Crippen LogP contribution in [-0.2, 0) is 0 Å². The Bertz CT molecular complexity index is 521. The molecule has 0 bridgehead atoms. The van der Waals surface area contributed by atoms with Crippen molar-refractivity contribution in [2.24, 2.45) is 4.99 Å². The van der Waals surface area contributed by atoms with E-state index < -0.39 is 0 Å². The maximum atomic E-state index is 4.62. The highest BCUT2D eigenvalue weighted by Crippen LogP contribution is 2.17. The third-order valence-electron chi connectivity index (χ3n) is 3.05. The Hall–Kier alpha value is -1.89. The first kappa shape index (κ1) is 12.6. The highest BCUT2D eigenvalue weighted by atomic mass is 14.7. The van der Waals surface area contributed by atoms with Gasteiger partial charge in [0.25, 0.3) is 0 Å². The lowest BCUT2D eigenvalue weighted by Gasteiger charge is -2.06. The van der Waals surface area contributed by atoms with Gasteiger partial charge in [0.1, 0.15) is 0 Å². The Balaban J connectivity index is 2.24. The van der Waals surface area contributed by atoms with Crippen LogP contribution in [0.15, 0.2) is 59.6 Å². The highest BCUT2D eigenvalue weighted by Gasteiger charge is 2.01. The molecule has 0 radical (unpaired) electrons. The van der Waals surface area contributed by atoms with Crippen LogP contribution in [0.25, 0.3) is 0 Å². The van der Waals surface area contributed by atoms with Gasteiger partial charge in [-0.3, -0.25) is 4.99 Å². The van der Waals surface area contributed by atoms with Crippen molar-refractivity contribution in [1.82, 2.24) is 0 Å². The molecule has 0 saturated carbocycles. The lowest BCUT2D eigenvalue weighted by molar-refractivity contribution is 0.866. The van der Waals surface area contributed by atoms with Crippen LogP contribution in [-0.4, -0.2) is 5.71 Å². The van der Waals surface area contributed by atoms with Crippen LogP contribution in [0.1, 0.15) is 37.8 Å². The maximum absolute atomic E-state index is 4.62. The fourth-order valence-corrected chi connectivity index (χ4v) is 1.87. The van der Waals surface area contributed by atoms with E-state index in [1.54, 1.807) is 0 Å². The molecule has 1 heteroatoms. The highest BCUT2D eigenvalue weighted by molar-refractivity contribution is 6.00. The summed E-state index contributed by atoms with van der Waals surface area (Å²) in [6.07, 6.45) is 0. The number of aliphatic imine (C=N–C) groups is 1.